The molecule has 1 saturated carbocycles. The third-order valence-corrected chi connectivity index (χ3v) is 5.30. The zero-order valence-corrected chi connectivity index (χ0v) is 11.9. The Bertz CT molecular complexity index is 373. The number of carbonyl (C=O) groups is 2. The summed E-state index contributed by atoms with van der Waals surface area (Å²) in [7, 11) is 1.40. The van der Waals surface area contributed by atoms with Gasteiger partial charge in [-0.25, -0.2) is 0 Å². The summed E-state index contributed by atoms with van der Waals surface area (Å²) < 4.78 is 4.74. The Balaban J connectivity index is 2.00. The standard InChI is InChI=1S/C14H23NO3/c1-13(2)10(14(13,3)4)11(16)15-7-6-9(8-15)12(17)18-5/h9-10H,6-8H2,1-5H3. The van der Waals surface area contributed by atoms with Gasteiger partial charge < -0.3 is 9.64 Å². The van der Waals surface area contributed by atoms with E-state index in [1.807, 2.05) is 4.90 Å². The van der Waals surface area contributed by atoms with Crippen molar-refractivity contribution < 1.29 is 14.3 Å². The monoisotopic (exact) mass is 253 g/mol. The van der Waals surface area contributed by atoms with Crippen LogP contribution in [0.3, 0.4) is 0 Å². The quantitative estimate of drug-likeness (QED) is 0.704. The van der Waals surface area contributed by atoms with Gasteiger partial charge in [0.2, 0.25) is 5.91 Å². The van der Waals surface area contributed by atoms with Crippen molar-refractivity contribution in [2.45, 2.75) is 34.1 Å². The van der Waals surface area contributed by atoms with Gasteiger partial charge in [-0.3, -0.25) is 9.59 Å². The second kappa shape index (κ2) is 3.97. The first-order valence-electron chi connectivity index (χ1n) is 6.60. The molecule has 1 aliphatic heterocycles. The first kappa shape index (κ1) is 13.4. The van der Waals surface area contributed by atoms with Crippen LogP contribution in [0.25, 0.3) is 0 Å². The zero-order chi connectivity index (χ0) is 13.7. The Morgan fingerprint density at radius 3 is 2.17 bits per heavy atom. The van der Waals surface area contributed by atoms with Crippen LogP contribution in [0.4, 0.5) is 0 Å². The molecule has 4 heteroatoms. The van der Waals surface area contributed by atoms with Crippen LogP contribution in [-0.2, 0) is 14.3 Å². The molecule has 4 nitrogen and oxygen atoms in total. The molecule has 0 bridgehead atoms. The fraction of sp³-hybridized carbons (Fsp3) is 0.857. The molecule has 2 aliphatic rings. The van der Waals surface area contributed by atoms with Crippen LogP contribution in [0.5, 0.6) is 0 Å². The molecule has 0 aromatic carbocycles. The summed E-state index contributed by atoms with van der Waals surface area (Å²) in [6.45, 7) is 9.77. The number of nitrogens with zero attached hydrogens (tertiary/aromatic N) is 1. The van der Waals surface area contributed by atoms with E-state index in [1.165, 1.54) is 7.11 Å². The summed E-state index contributed by atoms with van der Waals surface area (Å²) in [5.74, 6) is -0.0404. The first-order valence-corrected chi connectivity index (χ1v) is 6.60. The molecule has 2 fully saturated rings. The SMILES string of the molecule is COC(=O)C1CCN(C(=O)C2C(C)(C)C2(C)C)C1. The Morgan fingerprint density at radius 2 is 1.72 bits per heavy atom. The van der Waals surface area contributed by atoms with Crippen LogP contribution in [0, 0.1) is 22.7 Å². The van der Waals surface area contributed by atoms with E-state index < -0.39 is 0 Å². The first-order chi connectivity index (χ1) is 8.23. The van der Waals surface area contributed by atoms with E-state index in [0.717, 1.165) is 6.42 Å². The Hall–Kier alpha value is -1.06. The lowest BCUT2D eigenvalue weighted by atomic mass is 10.0. The topological polar surface area (TPSA) is 46.6 Å². The van der Waals surface area contributed by atoms with Crippen LogP contribution in [0.15, 0.2) is 0 Å². The second-order valence-corrected chi connectivity index (χ2v) is 6.67. The zero-order valence-electron chi connectivity index (χ0n) is 11.9. The highest BCUT2D eigenvalue weighted by atomic mass is 16.5. The summed E-state index contributed by atoms with van der Waals surface area (Å²) in [6.07, 6.45) is 0.728. The lowest BCUT2D eigenvalue weighted by Gasteiger charge is -2.17. The van der Waals surface area contributed by atoms with E-state index >= 15 is 0 Å². The minimum Gasteiger partial charge on any atom is -0.469 e. The van der Waals surface area contributed by atoms with Crippen molar-refractivity contribution in [2.24, 2.45) is 22.7 Å². The number of carbonyl (C=O) groups excluding carboxylic acids is 2. The van der Waals surface area contributed by atoms with E-state index in [4.69, 9.17) is 4.74 Å². The van der Waals surface area contributed by atoms with E-state index in [9.17, 15) is 9.59 Å². The molecule has 1 unspecified atom stereocenters. The highest BCUT2D eigenvalue weighted by Crippen LogP contribution is 2.68. The molecule has 0 spiro atoms. The summed E-state index contributed by atoms with van der Waals surface area (Å²) in [4.78, 5) is 25.8. The molecule has 0 aromatic heterocycles. The molecule has 0 aromatic rings. The number of ether oxygens (including phenoxy) is 1. The normalized spacial score (nSPS) is 29.2. The third kappa shape index (κ3) is 1.73. The number of hydrogen-bond acceptors (Lipinski definition) is 3. The van der Waals surface area contributed by atoms with Gasteiger partial charge in [0.25, 0.3) is 0 Å². The largest absolute Gasteiger partial charge is 0.469 e. The Kier molecular flexibility index (Phi) is 2.95. The van der Waals surface area contributed by atoms with Gasteiger partial charge >= 0.3 is 5.97 Å². The number of likely N-dealkylation sites (tertiary alicyclic amines) is 1. The molecule has 1 saturated heterocycles. The van der Waals surface area contributed by atoms with E-state index in [1.54, 1.807) is 0 Å². The van der Waals surface area contributed by atoms with Crippen LogP contribution in [-0.4, -0.2) is 37.0 Å². The fourth-order valence-corrected chi connectivity index (χ4v) is 3.32. The van der Waals surface area contributed by atoms with Gasteiger partial charge in [0.1, 0.15) is 0 Å². The lowest BCUT2D eigenvalue weighted by Crippen LogP contribution is -2.33. The van der Waals surface area contributed by atoms with Gasteiger partial charge in [-0.1, -0.05) is 27.7 Å². The molecule has 1 heterocycles. The van der Waals surface area contributed by atoms with Gasteiger partial charge in [-0.05, 0) is 17.3 Å². The molecule has 0 radical (unpaired) electrons. The fourth-order valence-electron chi connectivity index (χ4n) is 3.32. The molecule has 1 amide bonds. The van der Waals surface area contributed by atoms with Crippen LogP contribution in [0.1, 0.15) is 34.1 Å². The van der Waals surface area contributed by atoms with E-state index in [-0.39, 0.29) is 34.5 Å². The molecule has 1 aliphatic carbocycles. The van der Waals surface area contributed by atoms with Crippen LogP contribution < -0.4 is 0 Å². The predicted octanol–water partition coefficient (Wildman–Crippen LogP) is 1.69. The van der Waals surface area contributed by atoms with E-state index in [2.05, 4.69) is 27.7 Å². The number of methoxy groups -OCH3 is 1. The number of amides is 1. The summed E-state index contributed by atoms with van der Waals surface area (Å²) in [5, 5.41) is 0. The van der Waals surface area contributed by atoms with Crippen molar-refractivity contribution >= 4 is 11.9 Å². The average molecular weight is 253 g/mol. The maximum atomic E-state index is 12.5. The minimum atomic E-state index is -0.195. The van der Waals surface area contributed by atoms with Gasteiger partial charge in [0.15, 0.2) is 0 Å². The minimum absolute atomic E-state index is 0.0629. The van der Waals surface area contributed by atoms with Crippen LogP contribution in [0.2, 0.25) is 0 Å². The number of hydrogen-bond donors (Lipinski definition) is 0. The molecular formula is C14H23NO3. The van der Waals surface area contributed by atoms with Gasteiger partial charge in [0, 0.05) is 19.0 Å². The Morgan fingerprint density at radius 1 is 1.17 bits per heavy atom. The molecule has 2 rings (SSSR count). The third-order valence-electron chi connectivity index (χ3n) is 5.30. The van der Waals surface area contributed by atoms with Crippen molar-refractivity contribution in [3.8, 4) is 0 Å². The highest BCUT2D eigenvalue weighted by molar-refractivity contribution is 5.85. The van der Waals surface area contributed by atoms with Crippen molar-refractivity contribution in [1.82, 2.24) is 4.90 Å². The maximum absolute atomic E-state index is 12.5. The Labute approximate surface area is 109 Å². The van der Waals surface area contributed by atoms with Crippen LogP contribution >= 0.6 is 0 Å². The molecular weight excluding hydrogens is 230 g/mol. The lowest BCUT2D eigenvalue weighted by molar-refractivity contribution is -0.145. The average Bonchev–Trinajstić information content (AvgIpc) is 2.70. The maximum Gasteiger partial charge on any atom is 0.310 e. The number of rotatable bonds is 2. The van der Waals surface area contributed by atoms with Crippen molar-refractivity contribution in [3.05, 3.63) is 0 Å². The highest BCUT2D eigenvalue weighted by Gasteiger charge is 2.69. The molecule has 1 atom stereocenters. The van der Waals surface area contributed by atoms with Gasteiger partial charge in [-0.15, -0.1) is 0 Å². The van der Waals surface area contributed by atoms with Crippen molar-refractivity contribution in [2.75, 3.05) is 20.2 Å². The summed E-state index contributed by atoms with van der Waals surface area (Å²) in [5.41, 5.74) is 0.126. The second-order valence-electron chi connectivity index (χ2n) is 6.67. The van der Waals surface area contributed by atoms with Crippen molar-refractivity contribution in [3.63, 3.8) is 0 Å². The summed E-state index contributed by atoms with van der Waals surface area (Å²) in [6, 6.07) is 0. The molecule has 102 valence electrons. The van der Waals surface area contributed by atoms with Crippen molar-refractivity contribution in [1.29, 1.82) is 0 Å². The molecule has 18 heavy (non-hydrogen) atoms. The number of esters is 1. The smallest absolute Gasteiger partial charge is 0.310 e. The van der Waals surface area contributed by atoms with Gasteiger partial charge in [-0.2, -0.15) is 0 Å². The van der Waals surface area contributed by atoms with Gasteiger partial charge in [0.05, 0.1) is 13.0 Å². The van der Waals surface area contributed by atoms with E-state index in [0.29, 0.717) is 13.1 Å². The molecule has 0 N–H and O–H groups in total. The predicted molar refractivity (Wildman–Crippen MR) is 67.8 cm³/mol. The summed E-state index contributed by atoms with van der Waals surface area (Å²) >= 11 is 0.